The summed E-state index contributed by atoms with van der Waals surface area (Å²) < 4.78 is 50.6. The van der Waals surface area contributed by atoms with Crippen LogP contribution < -0.4 is 9.47 Å². The van der Waals surface area contributed by atoms with Crippen LogP contribution in [0, 0.1) is 0 Å². The van der Waals surface area contributed by atoms with Crippen molar-refractivity contribution in [3.05, 3.63) is 48.0 Å². The zero-order valence-corrected chi connectivity index (χ0v) is 12.3. The van der Waals surface area contributed by atoms with Crippen molar-refractivity contribution in [2.45, 2.75) is 6.36 Å². The van der Waals surface area contributed by atoms with Crippen LogP contribution in [0.4, 0.5) is 13.2 Å². The quantitative estimate of drug-likeness (QED) is 0.795. The third kappa shape index (κ3) is 4.15. The summed E-state index contributed by atoms with van der Waals surface area (Å²) in [5.74, 6) is -0.570. The van der Waals surface area contributed by atoms with Gasteiger partial charge < -0.3 is 14.2 Å². The predicted octanol–water partition coefficient (Wildman–Crippen LogP) is 4.05. The lowest BCUT2D eigenvalue weighted by molar-refractivity contribution is -0.274. The van der Waals surface area contributed by atoms with Gasteiger partial charge in [-0.1, -0.05) is 12.1 Å². The highest BCUT2D eigenvalue weighted by molar-refractivity contribution is 5.97. The summed E-state index contributed by atoms with van der Waals surface area (Å²) in [6, 6.07) is 9.97. The Bertz CT molecular complexity index is 711. The van der Waals surface area contributed by atoms with Gasteiger partial charge in [0.15, 0.2) is 0 Å². The summed E-state index contributed by atoms with van der Waals surface area (Å²) >= 11 is 0. The Morgan fingerprint density at radius 1 is 1.00 bits per heavy atom. The summed E-state index contributed by atoms with van der Waals surface area (Å²) in [7, 11) is 2.66. The third-order valence-electron chi connectivity index (χ3n) is 3.01. The first kappa shape index (κ1) is 16.7. The molecule has 122 valence electrons. The van der Waals surface area contributed by atoms with Crippen molar-refractivity contribution >= 4 is 5.97 Å². The maximum Gasteiger partial charge on any atom is 0.573 e. The molecule has 0 spiro atoms. The monoisotopic (exact) mass is 326 g/mol. The first-order valence-corrected chi connectivity index (χ1v) is 6.46. The van der Waals surface area contributed by atoms with Gasteiger partial charge in [-0.2, -0.15) is 0 Å². The van der Waals surface area contributed by atoms with E-state index in [9.17, 15) is 18.0 Å². The maximum atomic E-state index is 12.3. The minimum atomic E-state index is -4.79. The molecule has 0 heterocycles. The van der Waals surface area contributed by atoms with E-state index >= 15 is 0 Å². The maximum absolute atomic E-state index is 12.3. The van der Waals surface area contributed by atoms with Crippen molar-refractivity contribution in [1.29, 1.82) is 0 Å². The molecule has 0 saturated heterocycles. The molecule has 0 aliphatic carbocycles. The van der Waals surface area contributed by atoms with Gasteiger partial charge in [0.25, 0.3) is 0 Å². The SMILES string of the molecule is COC(=O)c1cc(OC)ccc1-c1cccc(OC(F)(F)F)c1. The molecule has 2 aromatic carbocycles. The lowest BCUT2D eigenvalue weighted by atomic mass is 9.99. The number of benzene rings is 2. The number of hydrogen-bond donors (Lipinski definition) is 0. The van der Waals surface area contributed by atoms with Crippen molar-refractivity contribution < 1.29 is 32.2 Å². The highest BCUT2D eigenvalue weighted by Crippen LogP contribution is 2.32. The Morgan fingerprint density at radius 3 is 2.35 bits per heavy atom. The summed E-state index contributed by atoms with van der Waals surface area (Å²) in [4.78, 5) is 11.9. The summed E-state index contributed by atoms with van der Waals surface area (Å²) in [5.41, 5.74) is 0.969. The highest BCUT2D eigenvalue weighted by atomic mass is 19.4. The minimum absolute atomic E-state index is 0.177. The predicted molar refractivity (Wildman–Crippen MR) is 76.5 cm³/mol. The van der Waals surface area contributed by atoms with Crippen LogP contribution in [0.1, 0.15) is 10.4 Å². The first-order valence-electron chi connectivity index (χ1n) is 6.46. The molecule has 0 bridgehead atoms. The van der Waals surface area contributed by atoms with Crippen LogP contribution in [-0.2, 0) is 4.74 Å². The van der Waals surface area contributed by atoms with Gasteiger partial charge in [0.05, 0.1) is 19.8 Å². The van der Waals surface area contributed by atoms with Crippen LogP contribution in [0.2, 0.25) is 0 Å². The average molecular weight is 326 g/mol. The standard InChI is InChI=1S/C16H13F3O4/c1-21-11-6-7-13(14(9-11)15(20)22-2)10-4-3-5-12(8-10)23-16(17,18)19/h3-9H,1-2H3. The topological polar surface area (TPSA) is 44.8 Å². The van der Waals surface area contributed by atoms with Gasteiger partial charge >= 0.3 is 12.3 Å². The van der Waals surface area contributed by atoms with E-state index in [0.29, 0.717) is 16.9 Å². The fraction of sp³-hybridized carbons (Fsp3) is 0.188. The lowest BCUT2D eigenvalue weighted by Gasteiger charge is -2.13. The normalized spacial score (nSPS) is 11.0. The van der Waals surface area contributed by atoms with Gasteiger partial charge in [0.1, 0.15) is 11.5 Å². The fourth-order valence-electron chi connectivity index (χ4n) is 2.04. The molecule has 0 fully saturated rings. The largest absolute Gasteiger partial charge is 0.573 e. The second kappa shape index (κ2) is 6.60. The average Bonchev–Trinajstić information content (AvgIpc) is 2.52. The van der Waals surface area contributed by atoms with Crippen molar-refractivity contribution in [2.75, 3.05) is 14.2 Å². The van der Waals surface area contributed by atoms with Gasteiger partial charge in [-0.25, -0.2) is 4.79 Å². The molecule has 2 aromatic rings. The van der Waals surface area contributed by atoms with E-state index in [4.69, 9.17) is 9.47 Å². The Kier molecular flexibility index (Phi) is 4.78. The van der Waals surface area contributed by atoms with Crippen LogP contribution in [0.5, 0.6) is 11.5 Å². The Morgan fingerprint density at radius 2 is 1.74 bits per heavy atom. The number of esters is 1. The molecule has 0 aliphatic heterocycles. The molecule has 0 N–H and O–H groups in total. The van der Waals surface area contributed by atoms with Gasteiger partial charge in [0, 0.05) is 0 Å². The zero-order chi connectivity index (χ0) is 17.0. The van der Waals surface area contributed by atoms with Gasteiger partial charge in [-0.15, -0.1) is 13.2 Å². The summed E-state index contributed by atoms with van der Waals surface area (Å²) in [6.45, 7) is 0. The van der Waals surface area contributed by atoms with Crippen LogP contribution >= 0.6 is 0 Å². The lowest BCUT2D eigenvalue weighted by Crippen LogP contribution is -2.17. The van der Waals surface area contributed by atoms with Crippen molar-refractivity contribution in [3.8, 4) is 22.6 Å². The van der Waals surface area contributed by atoms with Crippen molar-refractivity contribution in [2.24, 2.45) is 0 Å². The summed E-state index contributed by atoms with van der Waals surface area (Å²) in [5, 5.41) is 0. The van der Waals surface area contributed by atoms with E-state index in [1.165, 1.54) is 38.5 Å². The van der Waals surface area contributed by atoms with Crippen molar-refractivity contribution in [1.82, 2.24) is 0 Å². The van der Waals surface area contributed by atoms with Crippen LogP contribution in [0.3, 0.4) is 0 Å². The number of ether oxygens (including phenoxy) is 3. The third-order valence-corrected chi connectivity index (χ3v) is 3.01. The molecule has 0 radical (unpaired) electrons. The summed E-state index contributed by atoms with van der Waals surface area (Å²) in [6.07, 6.45) is -4.79. The number of hydrogen-bond acceptors (Lipinski definition) is 4. The number of halogens is 3. The Balaban J connectivity index is 2.49. The molecule has 23 heavy (non-hydrogen) atoms. The Labute approximate surface area is 130 Å². The minimum Gasteiger partial charge on any atom is -0.497 e. The smallest absolute Gasteiger partial charge is 0.497 e. The van der Waals surface area contributed by atoms with E-state index in [1.807, 2.05) is 0 Å². The van der Waals surface area contributed by atoms with Gasteiger partial charge in [-0.05, 0) is 41.5 Å². The second-order valence-electron chi connectivity index (χ2n) is 4.48. The number of methoxy groups -OCH3 is 2. The second-order valence-corrected chi connectivity index (χ2v) is 4.48. The van der Waals surface area contributed by atoms with E-state index in [-0.39, 0.29) is 11.3 Å². The fourth-order valence-corrected chi connectivity index (χ4v) is 2.04. The van der Waals surface area contributed by atoms with Gasteiger partial charge in [-0.3, -0.25) is 0 Å². The molecule has 0 amide bonds. The molecular formula is C16H13F3O4. The van der Waals surface area contributed by atoms with Crippen LogP contribution in [0.15, 0.2) is 42.5 Å². The number of carbonyl (C=O) groups is 1. The molecule has 2 rings (SSSR count). The molecular weight excluding hydrogens is 313 g/mol. The Hall–Kier alpha value is -2.70. The molecule has 7 heteroatoms. The van der Waals surface area contributed by atoms with E-state index in [0.717, 1.165) is 0 Å². The van der Waals surface area contributed by atoms with E-state index in [2.05, 4.69) is 4.74 Å². The molecule has 0 atom stereocenters. The zero-order valence-electron chi connectivity index (χ0n) is 12.3. The first-order chi connectivity index (χ1) is 10.8. The number of alkyl halides is 3. The van der Waals surface area contributed by atoms with Gasteiger partial charge in [0.2, 0.25) is 0 Å². The number of rotatable bonds is 4. The van der Waals surface area contributed by atoms with E-state index < -0.39 is 12.3 Å². The molecule has 0 unspecified atom stereocenters. The van der Waals surface area contributed by atoms with E-state index in [1.54, 1.807) is 18.2 Å². The molecule has 0 aromatic heterocycles. The highest BCUT2D eigenvalue weighted by Gasteiger charge is 2.31. The van der Waals surface area contributed by atoms with Crippen LogP contribution in [-0.4, -0.2) is 26.6 Å². The van der Waals surface area contributed by atoms with Crippen molar-refractivity contribution in [3.63, 3.8) is 0 Å². The van der Waals surface area contributed by atoms with Crippen LogP contribution in [0.25, 0.3) is 11.1 Å². The molecule has 0 aliphatic rings. The molecule has 0 saturated carbocycles. The number of carbonyl (C=O) groups excluding carboxylic acids is 1. The molecule has 4 nitrogen and oxygen atoms in total.